The van der Waals surface area contributed by atoms with Crippen LogP contribution in [0.25, 0.3) is 0 Å². The molecule has 3 N–H and O–H groups in total. The molecule has 0 spiro atoms. The van der Waals surface area contributed by atoms with Crippen LogP contribution in [0.5, 0.6) is 0 Å². The van der Waals surface area contributed by atoms with Crippen molar-refractivity contribution in [1.82, 2.24) is 19.9 Å². The fourth-order valence-electron chi connectivity index (χ4n) is 6.80. The molecule has 1 fully saturated rings. The first-order chi connectivity index (χ1) is 20.1. The maximum Gasteiger partial charge on any atom is 0.255 e. The smallest absolute Gasteiger partial charge is 0.255 e. The SMILES string of the molecule is CS(=O)(=O)N[C@H]1CCCC[C@@H]1N1C(=O)c2cccc3c2[C@@H](C(=O)NC3c2cccc(CO)n2)[C@@H]1c1ccc(Cl)cc1Cl. The molecule has 42 heavy (non-hydrogen) atoms. The summed E-state index contributed by atoms with van der Waals surface area (Å²) in [7, 11) is -3.57. The largest absolute Gasteiger partial charge is 0.390 e. The molecule has 220 valence electrons. The standard InChI is InChI=1S/C30H30Cl2N4O5S/c1-42(40,41)35-22-9-2-3-11-24(22)36-28(18-13-12-16(31)14-21(18)32)26-25-19(7-5-8-20(25)30(36)39)27(34-29(26)38)23-10-4-6-17(15-37)33-23/h4-8,10,12-14,22,24,26-28,35,37H,2-3,9,11,15H2,1H3,(H,34,38)/t22-,24-,26+,27?,28-/m0/s1. The van der Waals surface area contributed by atoms with Crippen LogP contribution in [0.3, 0.4) is 0 Å². The van der Waals surface area contributed by atoms with E-state index >= 15 is 0 Å². The van der Waals surface area contributed by atoms with Crippen molar-refractivity contribution >= 4 is 45.0 Å². The first kappa shape index (κ1) is 29.1. The predicted molar refractivity (Wildman–Crippen MR) is 159 cm³/mol. The zero-order chi connectivity index (χ0) is 29.8. The molecule has 0 bridgehead atoms. The summed E-state index contributed by atoms with van der Waals surface area (Å²) in [6.07, 6.45) is 3.84. The monoisotopic (exact) mass is 628 g/mol. The Bertz CT molecular complexity index is 1680. The first-order valence-electron chi connectivity index (χ1n) is 13.8. The molecule has 1 aromatic heterocycles. The van der Waals surface area contributed by atoms with Crippen LogP contribution in [0.1, 0.15) is 82.1 Å². The predicted octanol–water partition coefficient (Wildman–Crippen LogP) is 4.24. The highest BCUT2D eigenvalue weighted by Crippen LogP contribution is 2.51. The fraction of sp³-hybridized carbons (Fsp3) is 0.367. The van der Waals surface area contributed by atoms with Crippen LogP contribution in [0, 0.1) is 0 Å². The van der Waals surface area contributed by atoms with E-state index in [0.29, 0.717) is 51.0 Å². The average molecular weight is 630 g/mol. The Balaban J connectivity index is 1.56. The number of rotatable bonds is 6. The van der Waals surface area contributed by atoms with Gasteiger partial charge in [0.15, 0.2) is 0 Å². The summed E-state index contributed by atoms with van der Waals surface area (Å²) < 4.78 is 27.5. The Kier molecular flexibility index (Phi) is 7.78. The van der Waals surface area contributed by atoms with Gasteiger partial charge in [-0.2, -0.15) is 0 Å². The van der Waals surface area contributed by atoms with Crippen molar-refractivity contribution in [1.29, 1.82) is 0 Å². The number of carbonyl (C=O) groups excluding carboxylic acids is 2. The van der Waals surface area contributed by atoms with E-state index in [2.05, 4.69) is 15.0 Å². The molecule has 2 aromatic carbocycles. The van der Waals surface area contributed by atoms with Crippen molar-refractivity contribution in [3.05, 3.63) is 98.3 Å². The van der Waals surface area contributed by atoms with Crippen LogP contribution >= 0.6 is 23.2 Å². The lowest BCUT2D eigenvalue weighted by Gasteiger charge is -2.51. The summed E-state index contributed by atoms with van der Waals surface area (Å²) in [4.78, 5) is 35.0. The molecular weight excluding hydrogens is 599 g/mol. The van der Waals surface area contributed by atoms with Crippen molar-refractivity contribution in [3.63, 3.8) is 0 Å². The van der Waals surface area contributed by atoms with Gasteiger partial charge in [0.2, 0.25) is 15.9 Å². The molecule has 0 saturated heterocycles. The molecule has 2 amide bonds. The molecule has 1 unspecified atom stereocenters. The summed E-state index contributed by atoms with van der Waals surface area (Å²) in [5.74, 6) is -1.43. The number of nitrogens with zero attached hydrogens (tertiary/aromatic N) is 2. The van der Waals surface area contributed by atoms with Crippen LogP contribution in [0.4, 0.5) is 0 Å². The molecule has 2 aliphatic heterocycles. The van der Waals surface area contributed by atoms with Gasteiger partial charge in [-0.3, -0.25) is 14.6 Å². The van der Waals surface area contributed by atoms with E-state index in [0.717, 1.165) is 24.7 Å². The van der Waals surface area contributed by atoms with Crippen molar-refractivity contribution in [2.24, 2.45) is 0 Å². The molecule has 5 atom stereocenters. The van der Waals surface area contributed by atoms with Crippen LogP contribution in [0.15, 0.2) is 54.6 Å². The fourth-order valence-corrected chi connectivity index (χ4v) is 8.15. The number of benzene rings is 2. The molecule has 0 radical (unpaired) electrons. The van der Waals surface area contributed by atoms with Crippen molar-refractivity contribution in [2.45, 2.75) is 62.4 Å². The van der Waals surface area contributed by atoms with Crippen molar-refractivity contribution in [3.8, 4) is 0 Å². The number of pyridine rings is 1. The summed E-state index contributed by atoms with van der Waals surface area (Å²) in [5.41, 5.74) is 3.28. The molecule has 1 saturated carbocycles. The number of hydrogen-bond donors (Lipinski definition) is 3. The summed E-state index contributed by atoms with van der Waals surface area (Å²) in [6.45, 7) is -0.251. The van der Waals surface area contributed by atoms with Gasteiger partial charge in [-0.05, 0) is 59.9 Å². The highest BCUT2D eigenvalue weighted by atomic mass is 35.5. The first-order valence-corrected chi connectivity index (χ1v) is 16.5. The quantitative estimate of drug-likeness (QED) is 0.374. The lowest BCUT2D eigenvalue weighted by Crippen LogP contribution is -2.60. The van der Waals surface area contributed by atoms with E-state index in [1.54, 1.807) is 53.4 Å². The van der Waals surface area contributed by atoms with Gasteiger partial charge in [0.05, 0.1) is 42.3 Å². The van der Waals surface area contributed by atoms with Crippen molar-refractivity contribution in [2.75, 3.05) is 6.26 Å². The Labute approximate surface area is 254 Å². The number of sulfonamides is 1. The summed E-state index contributed by atoms with van der Waals surface area (Å²) in [5, 5.41) is 13.5. The van der Waals surface area contributed by atoms with Gasteiger partial charge in [0, 0.05) is 27.7 Å². The molecule has 6 rings (SSSR count). The van der Waals surface area contributed by atoms with Gasteiger partial charge in [0.1, 0.15) is 0 Å². The van der Waals surface area contributed by atoms with Gasteiger partial charge >= 0.3 is 0 Å². The van der Waals surface area contributed by atoms with E-state index in [9.17, 15) is 23.1 Å². The number of amides is 2. The van der Waals surface area contributed by atoms with Gasteiger partial charge in [-0.15, -0.1) is 0 Å². The van der Waals surface area contributed by atoms with E-state index in [-0.39, 0.29) is 18.4 Å². The maximum absolute atomic E-state index is 14.6. The van der Waals surface area contributed by atoms with Crippen LogP contribution < -0.4 is 10.0 Å². The Morgan fingerprint density at radius 1 is 1.05 bits per heavy atom. The number of nitrogens with one attached hydrogen (secondary N) is 2. The van der Waals surface area contributed by atoms with Crippen molar-refractivity contribution < 1.29 is 23.1 Å². The topological polar surface area (TPSA) is 129 Å². The zero-order valence-electron chi connectivity index (χ0n) is 22.8. The third-order valence-corrected chi connectivity index (χ3v) is 9.72. The summed E-state index contributed by atoms with van der Waals surface area (Å²) in [6, 6.07) is 13.1. The molecular formula is C30H30Cl2N4O5S. The molecule has 3 aliphatic rings. The second kappa shape index (κ2) is 11.2. The molecule has 1 aliphatic carbocycles. The third-order valence-electron chi connectivity index (χ3n) is 8.43. The molecule has 12 heteroatoms. The van der Waals surface area contributed by atoms with Gasteiger partial charge in [-0.25, -0.2) is 13.1 Å². The Morgan fingerprint density at radius 3 is 2.55 bits per heavy atom. The highest BCUT2D eigenvalue weighted by molar-refractivity contribution is 7.88. The second-order valence-corrected chi connectivity index (χ2v) is 13.7. The van der Waals surface area contributed by atoms with E-state index in [4.69, 9.17) is 23.2 Å². The zero-order valence-corrected chi connectivity index (χ0v) is 25.1. The minimum absolute atomic E-state index is 0.251. The number of halogens is 2. The minimum Gasteiger partial charge on any atom is -0.390 e. The number of hydrogen-bond acceptors (Lipinski definition) is 6. The minimum atomic E-state index is -3.57. The number of carbonyl (C=O) groups is 2. The lowest BCUT2D eigenvalue weighted by molar-refractivity contribution is -0.126. The molecule has 3 heterocycles. The van der Waals surface area contributed by atoms with E-state index in [1.807, 2.05) is 6.07 Å². The average Bonchev–Trinajstić information content (AvgIpc) is 2.95. The molecule has 9 nitrogen and oxygen atoms in total. The van der Waals surface area contributed by atoms with Gasteiger partial charge < -0.3 is 15.3 Å². The number of aliphatic hydroxyl groups excluding tert-OH is 1. The lowest BCUT2D eigenvalue weighted by atomic mass is 9.72. The highest BCUT2D eigenvalue weighted by Gasteiger charge is 2.52. The normalized spacial score (nSPS) is 25.6. The Hall–Kier alpha value is -3.02. The van der Waals surface area contributed by atoms with Gasteiger partial charge in [0.25, 0.3) is 5.91 Å². The number of aromatic nitrogens is 1. The second-order valence-electron chi connectivity index (χ2n) is 11.1. The van der Waals surface area contributed by atoms with Crippen LogP contribution in [-0.2, 0) is 21.4 Å². The van der Waals surface area contributed by atoms with E-state index < -0.39 is 40.1 Å². The van der Waals surface area contributed by atoms with Gasteiger partial charge in [-0.1, -0.05) is 60.3 Å². The maximum atomic E-state index is 14.6. The third kappa shape index (κ3) is 5.20. The Morgan fingerprint density at radius 2 is 1.81 bits per heavy atom. The summed E-state index contributed by atoms with van der Waals surface area (Å²) >= 11 is 13.0. The molecule has 3 aromatic rings. The van der Waals surface area contributed by atoms with Crippen LogP contribution in [0.2, 0.25) is 10.0 Å². The van der Waals surface area contributed by atoms with E-state index in [1.165, 1.54) is 0 Å². The number of aliphatic hydroxyl groups is 1. The van der Waals surface area contributed by atoms with Crippen LogP contribution in [-0.4, -0.2) is 53.6 Å².